The maximum atomic E-state index is 12.6. The second-order valence-corrected chi connectivity index (χ2v) is 7.97. The summed E-state index contributed by atoms with van der Waals surface area (Å²) >= 11 is 0. The van der Waals surface area contributed by atoms with Crippen LogP contribution in [0.5, 0.6) is 5.75 Å². The molecule has 0 aromatic heterocycles. The molecule has 7 heteroatoms. The molecule has 0 aliphatic carbocycles. The average molecular weight is 400 g/mol. The molecule has 156 valence electrons. The fourth-order valence-electron chi connectivity index (χ4n) is 4.86. The highest BCUT2D eigenvalue weighted by Gasteiger charge is 2.58. The largest absolute Gasteiger partial charge is 0.493 e. The van der Waals surface area contributed by atoms with Crippen LogP contribution in [0.2, 0.25) is 0 Å². The first-order valence-corrected chi connectivity index (χ1v) is 10.2. The van der Waals surface area contributed by atoms with E-state index in [9.17, 15) is 9.59 Å². The van der Waals surface area contributed by atoms with Gasteiger partial charge < -0.3 is 9.47 Å². The van der Waals surface area contributed by atoms with Crippen molar-refractivity contribution in [2.75, 3.05) is 33.4 Å². The van der Waals surface area contributed by atoms with Crippen molar-refractivity contribution >= 4 is 11.9 Å². The van der Waals surface area contributed by atoms with Gasteiger partial charge in [-0.25, -0.2) is 5.06 Å². The van der Waals surface area contributed by atoms with Crippen molar-refractivity contribution in [2.24, 2.45) is 5.92 Å². The van der Waals surface area contributed by atoms with Crippen molar-refractivity contribution in [1.82, 2.24) is 9.96 Å². The molecular formula is C22H28N2O5. The zero-order valence-corrected chi connectivity index (χ0v) is 16.9. The number of likely N-dealkylation sites (tertiary alicyclic amines) is 1. The van der Waals surface area contributed by atoms with E-state index in [0.29, 0.717) is 12.8 Å². The van der Waals surface area contributed by atoms with Gasteiger partial charge in [0.15, 0.2) is 0 Å². The second kappa shape index (κ2) is 8.16. The van der Waals surface area contributed by atoms with Gasteiger partial charge in [0.1, 0.15) is 5.75 Å². The standard InChI is InChI=1S/C22H28N2O5/c1-3-11-29-24-20(25)14-18(21(26)27-2)22(24)7-9-23(10-8-22)15-16-4-5-19-17(13-16)6-12-28-19/h3-5,13,18H,1,6-12,14-15H2,2H3. The molecule has 1 aromatic carbocycles. The summed E-state index contributed by atoms with van der Waals surface area (Å²) in [5, 5.41) is 1.44. The SMILES string of the molecule is C=CCON1C(=O)CC(C(=O)OC)C12CCN(Cc1ccc3c(c1)CCO3)CC2. The van der Waals surface area contributed by atoms with Gasteiger partial charge in [-0.15, -0.1) is 6.58 Å². The van der Waals surface area contributed by atoms with E-state index >= 15 is 0 Å². The number of esters is 1. The molecular weight excluding hydrogens is 372 g/mol. The Labute approximate surface area is 171 Å². The molecule has 7 nitrogen and oxygen atoms in total. The van der Waals surface area contributed by atoms with E-state index in [4.69, 9.17) is 14.3 Å². The van der Waals surface area contributed by atoms with Gasteiger partial charge in [0.25, 0.3) is 0 Å². The number of nitrogens with zero attached hydrogens (tertiary/aromatic N) is 2. The number of methoxy groups -OCH3 is 1. The van der Waals surface area contributed by atoms with Crippen molar-refractivity contribution in [2.45, 2.75) is 37.8 Å². The molecule has 0 bridgehead atoms. The first-order valence-electron chi connectivity index (χ1n) is 10.2. The predicted octanol–water partition coefficient (Wildman–Crippen LogP) is 2.10. The van der Waals surface area contributed by atoms with Gasteiger partial charge in [-0.1, -0.05) is 18.2 Å². The monoisotopic (exact) mass is 400 g/mol. The maximum absolute atomic E-state index is 12.6. The van der Waals surface area contributed by atoms with Crippen LogP contribution >= 0.6 is 0 Å². The summed E-state index contributed by atoms with van der Waals surface area (Å²) in [7, 11) is 1.38. The lowest BCUT2D eigenvalue weighted by molar-refractivity contribution is -0.218. The Balaban J connectivity index is 1.47. The molecule has 1 amide bonds. The summed E-state index contributed by atoms with van der Waals surface area (Å²) in [6, 6.07) is 6.39. The molecule has 3 aliphatic heterocycles. The quantitative estimate of drug-likeness (QED) is 0.538. The van der Waals surface area contributed by atoms with Crippen molar-refractivity contribution in [3.63, 3.8) is 0 Å². The van der Waals surface area contributed by atoms with Crippen LogP contribution in [0.15, 0.2) is 30.9 Å². The number of hydrogen-bond acceptors (Lipinski definition) is 6. The van der Waals surface area contributed by atoms with E-state index in [1.54, 1.807) is 6.08 Å². The number of amides is 1. The molecule has 3 heterocycles. The zero-order valence-electron chi connectivity index (χ0n) is 16.9. The number of ether oxygens (including phenoxy) is 2. The summed E-state index contributed by atoms with van der Waals surface area (Å²) in [5.74, 6) is 0.000278. The molecule has 2 saturated heterocycles. The zero-order chi connectivity index (χ0) is 20.4. The number of fused-ring (bicyclic) bond motifs is 1. The van der Waals surface area contributed by atoms with Crippen LogP contribution in [0.3, 0.4) is 0 Å². The lowest BCUT2D eigenvalue weighted by Crippen LogP contribution is -2.57. The third-order valence-corrected chi connectivity index (χ3v) is 6.35. The lowest BCUT2D eigenvalue weighted by atomic mass is 9.77. The highest BCUT2D eigenvalue weighted by Crippen LogP contribution is 2.44. The molecule has 0 N–H and O–H groups in total. The van der Waals surface area contributed by atoms with E-state index in [-0.39, 0.29) is 24.9 Å². The fraction of sp³-hybridized carbons (Fsp3) is 0.545. The minimum Gasteiger partial charge on any atom is -0.493 e. The van der Waals surface area contributed by atoms with E-state index in [1.165, 1.54) is 23.3 Å². The minimum atomic E-state index is -0.643. The van der Waals surface area contributed by atoms with E-state index < -0.39 is 11.5 Å². The highest BCUT2D eigenvalue weighted by atomic mass is 16.7. The molecule has 2 fully saturated rings. The summed E-state index contributed by atoms with van der Waals surface area (Å²) in [6.07, 6.45) is 4.05. The van der Waals surface area contributed by atoms with Gasteiger partial charge in [0.2, 0.25) is 5.91 Å². The Morgan fingerprint density at radius 2 is 2.17 bits per heavy atom. The summed E-state index contributed by atoms with van der Waals surface area (Å²) in [4.78, 5) is 33.1. The van der Waals surface area contributed by atoms with Crippen LogP contribution < -0.4 is 4.74 Å². The van der Waals surface area contributed by atoms with Crippen LogP contribution in [0.4, 0.5) is 0 Å². The molecule has 1 aromatic rings. The van der Waals surface area contributed by atoms with Crippen LogP contribution in [0.1, 0.15) is 30.4 Å². The van der Waals surface area contributed by atoms with Crippen molar-refractivity contribution in [3.8, 4) is 5.75 Å². The Morgan fingerprint density at radius 1 is 1.38 bits per heavy atom. The average Bonchev–Trinajstić information content (AvgIpc) is 3.30. The van der Waals surface area contributed by atoms with Gasteiger partial charge >= 0.3 is 5.97 Å². The van der Waals surface area contributed by atoms with E-state index in [0.717, 1.165) is 38.4 Å². The molecule has 0 saturated carbocycles. The van der Waals surface area contributed by atoms with Crippen LogP contribution in [0, 0.1) is 5.92 Å². The van der Waals surface area contributed by atoms with Crippen molar-refractivity contribution < 1.29 is 23.9 Å². The van der Waals surface area contributed by atoms with Crippen molar-refractivity contribution in [3.05, 3.63) is 42.0 Å². The van der Waals surface area contributed by atoms with Gasteiger partial charge in [-0.3, -0.25) is 19.3 Å². The third-order valence-electron chi connectivity index (χ3n) is 6.35. The molecule has 1 unspecified atom stereocenters. The van der Waals surface area contributed by atoms with Gasteiger partial charge in [-0.05, 0) is 30.0 Å². The first-order chi connectivity index (χ1) is 14.1. The molecule has 1 spiro atoms. The fourth-order valence-corrected chi connectivity index (χ4v) is 4.86. The van der Waals surface area contributed by atoms with Crippen LogP contribution in [-0.4, -0.2) is 60.8 Å². The third kappa shape index (κ3) is 3.65. The smallest absolute Gasteiger partial charge is 0.311 e. The molecule has 4 rings (SSSR count). The van der Waals surface area contributed by atoms with Gasteiger partial charge in [0.05, 0.1) is 31.8 Å². The summed E-state index contributed by atoms with van der Waals surface area (Å²) in [5.41, 5.74) is 1.89. The maximum Gasteiger partial charge on any atom is 0.311 e. The Kier molecular flexibility index (Phi) is 5.61. The molecule has 0 radical (unpaired) electrons. The summed E-state index contributed by atoms with van der Waals surface area (Å²) in [6.45, 7) is 7.06. The van der Waals surface area contributed by atoms with E-state index in [2.05, 4.69) is 29.7 Å². The Morgan fingerprint density at radius 3 is 2.90 bits per heavy atom. The normalized spacial score (nSPS) is 23.1. The second-order valence-electron chi connectivity index (χ2n) is 7.97. The molecule has 29 heavy (non-hydrogen) atoms. The Hall–Kier alpha value is -2.38. The number of rotatable bonds is 6. The highest BCUT2D eigenvalue weighted by molar-refractivity contribution is 5.88. The van der Waals surface area contributed by atoms with Crippen LogP contribution in [0.25, 0.3) is 0 Å². The van der Waals surface area contributed by atoms with E-state index in [1.807, 2.05) is 0 Å². The van der Waals surface area contributed by atoms with Gasteiger partial charge in [-0.2, -0.15) is 0 Å². The first kappa shape index (κ1) is 19.9. The van der Waals surface area contributed by atoms with Crippen molar-refractivity contribution in [1.29, 1.82) is 0 Å². The number of carbonyl (C=O) groups is 2. The predicted molar refractivity (Wildman–Crippen MR) is 106 cm³/mol. The van der Waals surface area contributed by atoms with Gasteiger partial charge in [0, 0.05) is 32.5 Å². The number of carbonyl (C=O) groups excluding carboxylic acids is 2. The minimum absolute atomic E-state index is 0.134. The summed E-state index contributed by atoms with van der Waals surface area (Å²) < 4.78 is 10.6. The molecule has 1 atom stereocenters. The Bertz CT molecular complexity index is 800. The molecule has 3 aliphatic rings. The number of piperidine rings is 1. The number of hydrogen-bond donors (Lipinski definition) is 0. The number of hydroxylamine groups is 2. The number of benzene rings is 1. The lowest BCUT2D eigenvalue weighted by Gasteiger charge is -2.45. The topological polar surface area (TPSA) is 68.3 Å². The van der Waals surface area contributed by atoms with Crippen LogP contribution in [-0.2, 0) is 32.1 Å².